The minimum atomic E-state index is -1.30. The summed E-state index contributed by atoms with van der Waals surface area (Å²) in [4.78, 5) is 22.6. The molecule has 110 valence electrons. The lowest BCUT2D eigenvalue weighted by molar-refractivity contribution is -0.124. The van der Waals surface area contributed by atoms with Crippen molar-refractivity contribution < 1.29 is 23.5 Å². The molecule has 0 saturated heterocycles. The topological polar surface area (TPSA) is 69.6 Å². The van der Waals surface area contributed by atoms with Gasteiger partial charge in [0.15, 0.2) is 0 Å². The van der Waals surface area contributed by atoms with E-state index in [2.05, 4.69) is 5.43 Å². The molecule has 0 aromatic heterocycles. The SMILES string of the molecule is CC(C)CN(NC(=O)Cc1ccc(F)cc1F)C(=O)O. The number of carbonyl (C=O) groups is 2. The third-order valence-corrected chi connectivity index (χ3v) is 2.40. The summed E-state index contributed by atoms with van der Waals surface area (Å²) in [6.45, 7) is 3.70. The fourth-order valence-electron chi connectivity index (χ4n) is 1.56. The second kappa shape index (κ2) is 6.83. The molecule has 5 nitrogen and oxygen atoms in total. The molecule has 1 aromatic rings. The first-order valence-corrected chi connectivity index (χ1v) is 6.03. The highest BCUT2D eigenvalue weighted by atomic mass is 19.1. The minimum Gasteiger partial charge on any atom is -0.464 e. The van der Waals surface area contributed by atoms with Crippen LogP contribution in [-0.4, -0.2) is 28.7 Å². The van der Waals surface area contributed by atoms with Crippen molar-refractivity contribution in [3.05, 3.63) is 35.4 Å². The molecular formula is C13H16F2N2O3. The van der Waals surface area contributed by atoms with Crippen molar-refractivity contribution in [3.63, 3.8) is 0 Å². The molecule has 0 heterocycles. The largest absolute Gasteiger partial charge is 0.464 e. The van der Waals surface area contributed by atoms with Crippen LogP contribution >= 0.6 is 0 Å². The van der Waals surface area contributed by atoms with E-state index in [0.717, 1.165) is 17.1 Å². The third kappa shape index (κ3) is 4.83. The molecule has 7 heteroatoms. The number of rotatable bonds is 4. The molecule has 0 bridgehead atoms. The number of hydrogen-bond donors (Lipinski definition) is 2. The van der Waals surface area contributed by atoms with Crippen molar-refractivity contribution in [3.8, 4) is 0 Å². The van der Waals surface area contributed by atoms with Crippen LogP contribution in [0.4, 0.5) is 13.6 Å². The van der Waals surface area contributed by atoms with E-state index in [9.17, 15) is 18.4 Å². The van der Waals surface area contributed by atoms with Gasteiger partial charge in [-0.25, -0.2) is 18.6 Å². The summed E-state index contributed by atoms with van der Waals surface area (Å²) in [6, 6.07) is 2.86. The molecular weight excluding hydrogens is 270 g/mol. The highest BCUT2D eigenvalue weighted by molar-refractivity contribution is 5.80. The van der Waals surface area contributed by atoms with Crippen LogP contribution in [0, 0.1) is 17.6 Å². The first kappa shape index (κ1) is 15.9. The Balaban J connectivity index is 2.68. The van der Waals surface area contributed by atoms with Gasteiger partial charge in [0.2, 0.25) is 5.91 Å². The first-order valence-electron chi connectivity index (χ1n) is 6.03. The Morgan fingerprint density at radius 2 is 2.00 bits per heavy atom. The van der Waals surface area contributed by atoms with Gasteiger partial charge < -0.3 is 5.11 Å². The summed E-state index contributed by atoms with van der Waals surface area (Å²) in [5, 5.41) is 9.66. The number of benzene rings is 1. The molecule has 0 aliphatic heterocycles. The van der Waals surface area contributed by atoms with Gasteiger partial charge in [-0.3, -0.25) is 10.2 Å². The molecule has 0 saturated carbocycles. The van der Waals surface area contributed by atoms with Crippen LogP contribution in [0.25, 0.3) is 0 Å². The Labute approximate surface area is 115 Å². The molecule has 0 unspecified atom stereocenters. The van der Waals surface area contributed by atoms with E-state index >= 15 is 0 Å². The highest BCUT2D eigenvalue weighted by Gasteiger charge is 2.17. The normalized spacial score (nSPS) is 10.4. The lowest BCUT2D eigenvalue weighted by Gasteiger charge is -2.21. The predicted octanol–water partition coefficient (Wildman–Crippen LogP) is 2.17. The van der Waals surface area contributed by atoms with Crippen molar-refractivity contribution in [1.29, 1.82) is 0 Å². The first-order chi connectivity index (χ1) is 9.29. The van der Waals surface area contributed by atoms with Crippen LogP contribution in [0.3, 0.4) is 0 Å². The van der Waals surface area contributed by atoms with Crippen LogP contribution in [0.1, 0.15) is 19.4 Å². The second-order valence-electron chi connectivity index (χ2n) is 4.73. The van der Waals surface area contributed by atoms with Crippen molar-refractivity contribution in [2.75, 3.05) is 6.54 Å². The quantitative estimate of drug-likeness (QED) is 0.833. The summed E-state index contributed by atoms with van der Waals surface area (Å²) in [7, 11) is 0. The Morgan fingerprint density at radius 3 is 2.50 bits per heavy atom. The van der Waals surface area contributed by atoms with Gasteiger partial charge in [-0.05, 0) is 17.5 Å². The number of nitrogens with one attached hydrogen (secondary N) is 1. The van der Waals surface area contributed by atoms with E-state index in [1.165, 1.54) is 0 Å². The maximum Gasteiger partial charge on any atom is 0.426 e. The van der Waals surface area contributed by atoms with Gasteiger partial charge in [0, 0.05) is 12.6 Å². The maximum absolute atomic E-state index is 13.4. The summed E-state index contributed by atoms with van der Waals surface area (Å²) in [5.74, 6) is -2.24. The smallest absolute Gasteiger partial charge is 0.426 e. The maximum atomic E-state index is 13.4. The van der Waals surface area contributed by atoms with Crippen molar-refractivity contribution >= 4 is 12.0 Å². The molecule has 2 amide bonds. The van der Waals surface area contributed by atoms with Crippen LogP contribution < -0.4 is 5.43 Å². The summed E-state index contributed by atoms with van der Waals surface area (Å²) in [5.41, 5.74) is 2.17. The van der Waals surface area contributed by atoms with E-state index in [-0.39, 0.29) is 24.4 Å². The Kier molecular flexibility index (Phi) is 5.42. The standard InChI is InChI=1S/C13H16F2N2O3/c1-8(2)7-17(13(19)20)16-12(18)5-9-3-4-10(14)6-11(9)15/h3-4,6,8H,5,7H2,1-2H3,(H,16,18)(H,19,20). The molecule has 0 spiro atoms. The second-order valence-corrected chi connectivity index (χ2v) is 4.73. The number of amides is 2. The lowest BCUT2D eigenvalue weighted by atomic mass is 10.1. The Hall–Kier alpha value is -2.18. The molecule has 2 N–H and O–H groups in total. The Bertz CT molecular complexity index is 506. The van der Waals surface area contributed by atoms with E-state index in [0.29, 0.717) is 6.07 Å². The van der Waals surface area contributed by atoms with E-state index in [1.54, 1.807) is 13.8 Å². The fourth-order valence-corrected chi connectivity index (χ4v) is 1.56. The lowest BCUT2D eigenvalue weighted by Crippen LogP contribution is -2.47. The fraction of sp³-hybridized carbons (Fsp3) is 0.385. The van der Waals surface area contributed by atoms with Crippen LogP contribution in [0.5, 0.6) is 0 Å². The summed E-state index contributed by atoms with van der Waals surface area (Å²) >= 11 is 0. The van der Waals surface area contributed by atoms with Gasteiger partial charge in [0.1, 0.15) is 11.6 Å². The van der Waals surface area contributed by atoms with Gasteiger partial charge in [-0.1, -0.05) is 19.9 Å². The van der Waals surface area contributed by atoms with Crippen LogP contribution in [0.15, 0.2) is 18.2 Å². The number of halogens is 2. The van der Waals surface area contributed by atoms with E-state index in [1.807, 2.05) is 0 Å². The molecule has 1 aromatic carbocycles. The average molecular weight is 286 g/mol. The number of hydrogen-bond acceptors (Lipinski definition) is 2. The van der Waals surface area contributed by atoms with Crippen molar-refractivity contribution in [2.45, 2.75) is 20.3 Å². The molecule has 0 aliphatic carbocycles. The van der Waals surface area contributed by atoms with Gasteiger partial charge in [-0.15, -0.1) is 0 Å². The number of carboxylic acid groups (broad SMARTS) is 1. The van der Waals surface area contributed by atoms with Gasteiger partial charge in [0.25, 0.3) is 0 Å². The molecule has 0 radical (unpaired) electrons. The predicted molar refractivity (Wildman–Crippen MR) is 67.8 cm³/mol. The molecule has 0 fully saturated rings. The number of nitrogens with zero attached hydrogens (tertiary/aromatic N) is 1. The summed E-state index contributed by atoms with van der Waals surface area (Å²) in [6.07, 6.45) is -1.67. The zero-order valence-corrected chi connectivity index (χ0v) is 11.2. The third-order valence-electron chi connectivity index (χ3n) is 2.40. The van der Waals surface area contributed by atoms with Gasteiger partial charge in [0.05, 0.1) is 6.42 Å². The number of hydrazine groups is 1. The van der Waals surface area contributed by atoms with Crippen molar-refractivity contribution in [1.82, 2.24) is 10.4 Å². The van der Waals surface area contributed by atoms with Crippen molar-refractivity contribution in [2.24, 2.45) is 5.92 Å². The Morgan fingerprint density at radius 1 is 1.35 bits per heavy atom. The zero-order chi connectivity index (χ0) is 15.3. The number of carbonyl (C=O) groups excluding carboxylic acids is 1. The van der Waals surface area contributed by atoms with Crippen LogP contribution in [-0.2, 0) is 11.2 Å². The van der Waals surface area contributed by atoms with E-state index < -0.39 is 23.6 Å². The zero-order valence-electron chi connectivity index (χ0n) is 11.2. The van der Waals surface area contributed by atoms with E-state index in [4.69, 9.17) is 5.11 Å². The summed E-state index contributed by atoms with van der Waals surface area (Å²) < 4.78 is 26.1. The van der Waals surface area contributed by atoms with Gasteiger partial charge >= 0.3 is 6.09 Å². The van der Waals surface area contributed by atoms with Gasteiger partial charge in [-0.2, -0.15) is 0 Å². The molecule has 0 atom stereocenters. The average Bonchev–Trinajstić information content (AvgIpc) is 2.31. The molecule has 1 rings (SSSR count). The molecule has 20 heavy (non-hydrogen) atoms. The minimum absolute atomic E-state index is 0.00112. The highest BCUT2D eigenvalue weighted by Crippen LogP contribution is 2.10. The molecule has 0 aliphatic rings. The van der Waals surface area contributed by atoms with Crippen LogP contribution in [0.2, 0.25) is 0 Å². The monoisotopic (exact) mass is 286 g/mol.